The van der Waals surface area contributed by atoms with Gasteiger partial charge in [0.1, 0.15) is 4.90 Å². The molecule has 2 heterocycles. The second-order valence-corrected chi connectivity index (χ2v) is 6.67. The van der Waals surface area contributed by atoms with Crippen LogP contribution in [0.4, 0.5) is 0 Å². The van der Waals surface area contributed by atoms with Gasteiger partial charge in [0, 0.05) is 24.1 Å². The van der Waals surface area contributed by atoms with Crippen molar-refractivity contribution >= 4 is 21.4 Å². The van der Waals surface area contributed by atoms with E-state index in [1.165, 1.54) is 11.3 Å². The van der Waals surface area contributed by atoms with E-state index in [9.17, 15) is 8.42 Å². The van der Waals surface area contributed by atoms with Crippen LogP contribution < -0.4 is 10.5 Å². The summed E-state index contributed by atoms with van der Waals surface area (Å²) < 4.78 is 32.3. The Kier molecular flexibility index (Phi) is 3.84. The van der Waals surface area contributed by atoms with E-state index < -0.39 is 10.0 Å². The minimum atomic E-state index is -3.47. The molecular formula is C10H16N2O3S2. The highest BCUT2D eigenvalue weighted by Gasteiger charge is 2.27. The summed E-state index contributed by atoms with van der Waals surface area (Å²) in [5, 5.41) is 1.82. The minimum Gasteiger partial charge on any atom is -0.380 e. The van der Waals surface area contributed by atoms with Crippen LogP contribution in [0.3, 0.4) is 0 Å². The molecule has 1 aromatic heterocycles. The lowest BCUT2D eigenvalue weighted by atomic mass is 10.3. The van der Waals surface area contributed by atoms with E-state index in [0.717, 1.165) is 12.0 Å². The lowest BCUT2D eigenvalue weighted by molar-refractivity contribution is 0.192. The Morgan fingerprint density at radius 3 is 3.00 bits per heavy atom. The predicted octanol–water partition coefficient (Wildman–Crippen LogP) is 0.582. The van der Waals surface area contributed by atoms with Gasteiger partial charge in [0.05, 0.1) is 6.61 Å². The fraction of sp³-hybridized carbons (Fsp3) is 0.600. The van der Waals surface area contributed by atoms with Crippen LogP contribution in [-0.2, 0) is 21.3 Å². The molecule has 1 fully saturated rings. The van der Waals surface area contributed by atoms with Crippen molar-refractivity contribution in [2.75, 3.05) is 13.2 Å². The third-order valence-electron chi connectivity index (χ3n) is 2.69. The zero-order valence-corrected chi connectivity index (χ0v) is 11.2. The Bertz CT molecular complexity index is 490. The number of nitrogens with two attached hydrogens (primary N) is 1. The molecule has 1 aliphatic rings. The number of nitrogens with one attached hydrogen (secondary N) is 1. The third-order valence-corrected chi connectivity index (χ3v) is 5.70. The van der Waals surface area contributed by atoms with Gasteiger partial charge >= 0.3 is 0 Å². The number of aryl methyl sites for hydroxylation is 1. The maximum absolute atomic E-state index is 12.2. The first-order chi connectivity index (χ1) is 8.04. The number of sulfonamides is 1. The molecule has 1 atom stereocenters. The summed E-state index contributed by atoms with van der Waals surface area (Å²) >= 11 is 1.39. The first-order valence-corrected chi connectivity index (χ1v) is 7.78. The highest BCUT2D eigenvalue weighted by molar-refractivity contribution is 7.89. The lowest BCUT2D eigenvalue weighted by Gasteiger charge is -2.12. The zero-order chi connectivity index (χ0) is 12.5. The quantitative estimate of drug-likeness (QED) is 0.843. The SMILES string of the molecule is Cc1csc(CN)c1S(=O)(=O)NC1CCOC1. The minimum absolute atomic E-state index is 0.120. The van der Waals surface area contributed by atoms with Crippen molar-refractivity contribution in [2.24, 2.45) is 5.73 Å². The van der Waals surface area contributed by atoms with E-state index in [-0.39, 0.29) is 12.6 Å². The van der Waals surface area contributed by atoms with Crippen LogP contribution in [0, 0.1) is 6.92 Å². The van der Waals surface area contributed by atoms with Crippen molar-refractivity contribution in [3.63, 3.8) is 0 Å². The summed E-state index contributed by atoms with van der Waals surface area (Å²) in [5.74, 6) is 0. The first kappa shape index (κ1) is 13.0. The Labute approximate surface area is 105 Å². The second-order valence-electron chi connectivity index (χ2n) is 4.06. The van der Waals surface area contributed by atoms with E-state index in [0.29, 0.717) is 23.0 Å². The van der Waals surface area contributed by atoms with Crippen LogP contribution in [0.25, 0.3) is 0 Å². The maximum Gasteiger partial charge on any atom is 0.242 e. The van der Waals surface area contributed by atoms with Crippen molar-refractivity contribution in [1.82, 2.24) is 4.72 Å². The van der Waals surface area contributed by atoms with E-state index >= 15 is 0 Å². The Hall–Kier alpha value is -0.470. The molecule has 5 nitrogen and oxygen atoms in total. The van der Waals surface area contributed by atoms with Crippen molar-refractivity contribution in [3.05, 3.63) is 15.8 Å². The van der Waals surface area contributed by atoms with Crippen molar-refractivity contribution in [1.29, 1.82) is 0 Å². The van der Waals surface area contributed by atoms with Gasteiger partial charge in [0.25, 0.3) is 0 Å². The Morgan fingerprint density at radius 2 is 2.41 bits per heavy atom. The molecule has 2 rings (SSSR count). The molecule has 7 heteroatoms. The number of hydrogen-bond acceptors (Lipinski definition) is 5. The van der Waals surface area contributed by atoms with E-state index in [1.54, 1.807) is 6.92 Å². The topological polar surface area (TPSA) is 81.4 Å². The number of hydrogen-bond donors (Lipinski definition) is 2. The van der Waals surface area contributed by atoms with Crippen LogP contribution in [0.2, 0.25) is 0 Å². The first-order valence-electron chi connectivity index (χ1n) is 5.41. The fourth-order valence-electron chi connectivity index (χ4n) is 1.89. The molecular weight excluding hydrogens is 260 g/mol. The monoisotopic (exact) mass is 276 g/mol. The van der Waals surface area contributed by atoms with E-state index in [4.69, 9.17) is 10.5 Å². The van der Waals surface area contributed by atoms with Gasteiger partial charge in [0.2, 0.25) is 10.0 Å². The molecule has 17 heavy (non-hydrogen) atoms. The van der Waals surface area contributed by atoms with Crippen LogP contribution in [0.1, 0.15) is 16.9 Å². The van der Waals surface area contributed by atoms with Gasteiger partial charge in [-0.05, 0) is 24.3 Å². The largest absolute Gasteiger partial charge is 0.380 e. The number of ether oxygens (including phenoxy) is 1. The average molecular weight is 276 g/mol. The average Bonchev–Trinajstić information content (AvgIpc) is 2.86. The molecule has 0 aliphatic carbocycles. The van der Waals surface area contributed by atoms with Crippen LogP contribution >= 0.6 is 11.3 Å². The van der Waals surface area contributed by atoms with Crippen LogP contribution in [0.5, 0.6) is 0 Å². The van der Waals surface area contributed by atoms with Gasteiger partial charge in [-0.1, -0.05) is 0 Å². The summed E-state index contributed by atoms with van der Waals surface area (Å²) in [6.45, 7) is 3.09. The van der Waals surface area contributed by atoms with Gasteiger partial charge < -0.3 is 10.5 Å². The van der Waals surface area contributed by atoms with Crippen LogP contribution in [0.15, 0.2) is 10.3 Å². The predicted molar refractivity (Wildman–Crippen MR) is 66.5 cm³/mol. The Balaban J connectivity index is 2.27. The number of thiophene rings is 1. The normalized spacial score (nSPS) is 20.9. The zero-order valence-electron chi connectivity index (χ0n) is 9.60. The molecule has 0 aromatic carbocycles. The molecule has 3 N–H and O–H groups in total. The van der Waals surface area contributed by atoms with E-state index in [1.807, 2.05) is 5.38 Å². The summed E-state index contributed by atoms with van der Waals surface area (Å²) in [6, 6.07) is -0.120. The third kappa shape index (κ3) is 2.69. The second kappa shape index (κ2) is 5.03. The molecule has 1 aromatic rings. The maximum atomic E-state index is 12.2. The van der Waals surface area contributed by atoms with Gasteiger partial charge in [-0.15, -0.1) is 11.3 Å². The Morgan fingerprint density at radius 1 is 1.65 bits per heavy atom. The van der Waals surface area contributed by atoms with Gasteiger partial charge in [0.15, 0.2) is 0 Å². The van der Waals surface area contributed by atoms with Gasteiger partial charge in [-0.25, -0.2) is 13.1 Å². The summed E-state index contributed by atoms with van der Waals surface area (Å²) in [4.78, 5) is 1.05. The molecule has 1 unspecified atom stereocenters. The summed E-state index contributed by atoms with van der Waals surface area (Å²) in [5.41, 5.74) is 6.31. The molecule has 0 radical (unpaired) electrons. The van der Waals surface area contributed by atoms with Gasteiger partial charge in [-0.3, -0.25) is 0 Å². The van der Waals surface area contributed by atoms with Gasteiger partial charge in [-0.2, -0.15) is 0 Å². The molecule has 0 spiro atoms. The lowest BCUT2D eigenvalue weighted by Crippen LogP contribution is -2.35. The molecule has 96 valence electrons. The summed E-state index contributed by atoms with van der Waals surface area (Å²) in [6.07, 6.45) is 0.723. The molecule has 1 saturated heterocycles. The molecule has 0 amide bonds. The molecule has 0 saturated carbocycles. The smallest absolute Gasteiger partial charge is 0.242 e. The highest BCUT2D eigenvalue weighted by atomic mass is 32.2. The number of rotatable bonds is 4. The van der Waals surface area contributed by atoms with Crippen molar-refractivity contribution < 1.29 is 13.2 Å². The molecule has 0 bridgehead atoms. The van der Waals surface area contributed by atoms with Crippen molar-refractivity contribution in [2.45, 2.75) is 30.8 Å². The van der Waals surface area contributed by atoms with E-state index in [2.05, 4.69) is 4.72 Å². The summed E-state index contributed by atoms with van der Waals surface area (Å²) in [7, 11) is -3.47. The standard InChI is InChI=1S/C10H16N2O3S2/c1-7-6-16-9(4-11)10(7)17(13,14)12-8-2-3-15-5-8/h6,8,12H,2-5,11H2,1H3. The molecule has 1 aliphatic heterocycles. The van der Waals surface area contributed by atoms with Crippen LogP contribution in [-0.4, -0.2) is 27.7 Å². The highest BCUT2D eigenvalue weighted by Crippen LogP contribution is 2.26. The van der Waals surface area contributed by atoms with Crippen molar-refractivity contribution in [3.8, 4) is 0 Å². The fourth-order valence-corrected chi connectivity index (χ4v) is 4.85.